The lowest BCUT2D eigenvalue weighted by atomic mass is 9.70. The van der Waals surface area contributed by atoms with Gasteiger partial charge in [0.2, 0.25) is 5.91 Å². The highest BCUT2D eigenvalue weighted by molar-refractivity contribution is 5.83. The summed E-state index contributed by atoms with van der Waals surface area (Å²) < 4.78 is 1.82. The molecule has 1 saturated carbocycles. The van der Waals surface area contributed by atoms with Crippen LogP contribution in [0.4, 0.5) is 0 Å². The summed E-state index contributed by atoms with van der Waals surface area (Å²) in [6.07, 6.45) is 7.67. The molecule has 0 radical (unpaired) electrons. The van der Waals surface area contributed by atoms with Gasteiger partial charge in [-0.05, 0) is 37.7 Å². The van der Waals surface area contributed by atoms with Gasteiger partial charge in [0.25, 0.3) is 0 Å². The molecule has 1 aliphatic carbocycles. The second-order valence-electron chi connectivity index (χ2n) is 5.69. The van der Waals surface area contributed by atoms with Gasteiger partial charge in [0.1, 0.15) is 0 Å². The first kappa shape index (κ1) is 14.1. The lowest BCUT2D eigenvalue weighted by Crippen LogP contribution is -2.48. The Morgan fingerprint density at radius 3 is 2.84 bits per heavy atom. The first-order valence-electron chi connectivity index (χ1n) is 7.12. The molecule has 0 unspecified atom stereocenters. The monoisotopic (exact) mass is 264 g/mol. The van der Waals surface area contributed by atoms with Crippen molar-refractivity contribution in [3.05, 3.63) is 18.5 Å². The van der Waals surface area contributed by atoms with Crippen molar-refractivity contribution in [3.63, 3.8) is 0 Å². The van der Waals surface area contributed by atoms with Crippen molar-refractivity contribution in [2.45, 2.75) is 39.2 Å². The molecule has 2 rings (SSSR count). The van der Waals surface area contributed by atoms with Gasteiger partial charge in [-0.1, -0.05) is 6.92 Å². The van der Waals surface area contributed by atoms with E-state index in [0.717, 1.165) is 31.6 Å². The standard InChI is InChI=1S/C14H24N4O/c1-12-3-5-14(11-15,6-4-12)13(19)16-8-10-18-9-2-7-17-18/h2,7,9,12H,3-6,8,10-11,15H2,1H3,(H,16,19). The van der Waals surface area contributed by atoms with Crippen LogP contribution in [-0.2, 0) is 11.3 Å². The average molecular weight is 264 g/mol. The molecule has 5 heteroatoms. The van der Waals surface area contributed by atoms with Gasteiger partial charge in [-0.3, -0.25) is 9.48 Å². The van der Waals surface area contributed by atoms with Crippen LogP contribution < -0.4 is 11.1 Å². The molecule has 0 bridgehead atoms. The SMILES string of the molecule is CC1CCC(CN)(C(=O)NCCn2cccn2)CC1. The Labute approximate surface area is 114 Å². The Morgan fingerprint density at radius 1 is 1.53 bits per heavy atom. The van der Waals surface area contributed by atoms with Crippen molar-refractivity contribution in [2.75, 3.05) is 13.1 Å². The normalized spacial score (nSPS) is 27.2. The van der Waals surface area contributed by atoms with E-state index in [9.17, 15) is 4.79 Å². The fourth-order valence-corrected chi connectivity index (χ4v) is 2.74. The van der Waals surface area contributed by atoms with Gasteiger partial charge in [-0.2, -0.15) is 5.10 Å². The lowest BCUT2D eigenvalue weighted by Gasteiger charge is -2.37. The second kappa shape index (κ2) is 6.19. The number of rotatable bonds is 5. The van der Waals surface area contributed by atoms with E-state index in [2.05, 4.69) is 17.3 Å². The van der Waals surface area contributed by atoms with Gasteiger partial charge in [0, 0.05) is 25.5 Å². The van der Waals surface area contributed by atoms with Crippen LogP contribution in [0.1, 0.15) is 32.6 Å². The van der Waals surface area contributed by atoms with Crippen LogP contribution in [0.15, 0.2) is 18.5 Å². The number of nitrogens with two attached hydrogens (primary N) is 1. The minimum atomic E-state index is -0.337. The predicted octanol–water partition coefficient (Wildman–Crippen LogP) is 1.15. The number of nitrogens with zero attached hydrogens (tertiary/aromatic N) is 2. The molecule has 5 nitrogen and oxygen atoms in total. The van der Waals surface area contributed by atoms with Crippen LogP contribution in [0.3, 0.4) is 0 Å². The highest BCUT2D eigenvalue weighted by Crippen LogP contribution is 2.38. The third-order valence-electron chi connectivity index (χ3n) is 4.29. The zero-order valence-electron chi connectivity index (χ0n) is 11.6. The number of aromatic nitrogens is 2. The summed E-state index contributed by atoms with van der Waals surface area (Å²) >= 11 is 0. The molecule has 0 aliphatic heterocycles. The molecule has 106 valence electrons. The van der Waals surface area contributed by atoms with Gasteiger partial charge in [-0.15, -0.1) is 0 Å². The van der Waals surface area contributed by atoms with E-state index in [1.54, 1.807) is 6.20 Å². The number of hydrogen-bond acceptors (Lipinski definition) is 3. The van der Waals surface area contributed by atoms with Crippen molar-refractivity contribution in [1.82, 2.24) is 15.1 Å². The molecule has 1 amide bonds. The molecule has 19 heavy (non-hydrogen) atoms. The Bertz CT molecular complexity index is 394. The van der Waals surface area contributed by atoms with E-state index in [0.29, 0.717) is 19.6 Å². The highest BCUT2D eigenvalue weighted by atomic mass is 16.2. The fraction of sp³-hybridized carbons (Fsp3) is 0.714. The van der Waals surface area contributed by atoms with Crippen LogP contribution in [-0.4, -0.2) is 28.8 Å². The van der Waals surface area contributed by atoms with Crippen LogP contribution in [0.25, 0.3) is 0 Å². The number of hydrogen-bond donors (Lipinski definition) is 2. The Morgan fingerprint density at radius 2 is 2.26 bits per heavy atom. The van der Waals surface area contributed by atoms with Gasteiger partial charge < -0.3 is 11.1 Å². The van der Waals surface area contributed by atoms with Crippen LogP contribution >= 0.6 is 0 Å². The van der Waals surface area contributed by atoms with Gasteiger partial charge in [0.05, 0.1) is 12.0 Å². The topological polar surface area (TPSA) is 72.9 Å². The molecule has 0 spiro atoms. The number of carbonyl (C=O) groups is 1. The number of carbonyl (C=O) groups excluding carboxylic acids is 1. The molecular weight excluding hydrogens is 240 g/mol. The molecule has 1 aromatic rings. The van der Waals surface area contributed by atoms with Crippen molar-refractivity contribution >= 4 is 5.91 Å². The molecule has 0 aromatic carbocycles. The van der Waals surface area contributed by atoms with Crippen molar-refractivity contribution in [3.8, 4) is 0 Å². The molecule has 0 saturated heterocycles. The van der Waals surface area contributed by atoms with E-state index in [-0.39, 0.29) is 11.3 Å². The molecule has 0 atom stereocenters. The number of nitrogens with one attached hydrogen (secondary N) is 1. The largest absolute Gasteiger partial charge is 0.354 e. The molecule has 1 fully saturated rings. The van der Waals surface area contributed by atoms with Crippen LogP contribution in [0, 0.1) is 11.3 Å². The van der Waals surface area contributed by atoms with E-state index in [1.807, 2.05) is 16.9 Å². The highest BCUT2D eigenvalue weighted by Gasteiger charge is 2.39. The minimum Gasteiger partial charge on any atom is -0.354 e. The first-order valence-corrected chi connectivity index (χ1v) is 7.12. The maximum atomic E-state index is 12.4. The third-order valence-corrected chi connectivity index (χ3v) is 4.29. The summed E-state index contributed by atoms with van der Waals surface area (Å²) in [5.74, 6) is 0.839. The summed E-state index contributed by atoms with van der Waals surface area (Å²) in [4.78, 5) is 12.4. The second-order valence-corrected chi connectivity index (χ2v) is 5.69. The van der Waals surface area contributed by atoms with Gasteiger partial charge in [0.15, 0.2) is 0 Å². The molecule has 1 heterocycles. The molecular formula is C14H24N4O. The molecule has 1 aromatic heterocycles. The minimum absolute atomic E-state index is 0.119. The average Bonchev–Trinajstić information content (AvgIpc) is 2.93. The predicted molar refractivity (Wildman–Crippen MR) is 74.4 cm³/mol. The van der Waals surface area contributed by atoms with Gasteiger partial charge in [-0.25, -0.2) is 0 Å². The molecule has 3 N–H and O–H groups in total. The summed E-state index contributed by atoms with van der Waals surface area (Å²) in [5, 5.41) is 7.13. The Hall–Kier alpha value is -1.36. The summed E-state index contributed by atoms with van der Waals surface area (Å²) in [6, 6.07) is 1.88. The maximum Gasteiger partial charge on any atom is 0.227 e. The number of amides is 1. The molecule has 1 aliphatic rings. The van der Waals surface area contributed by atoms with Crippen LogP contribution in [0.5, 0.6) is 0 Å². The first-order chi connectivity index (χ1) is 9.16. The van der Waals surface area contributed by atoms with E-state index >= 15 is 0 Å². The Balaban J connectivity index is 1.83. The van der Waals surface area contributed by atoms with E-state index in [1.165, 1.54) is 0 Å². The van der Waals surface area contributed by atoms with E-state index in [4.69, 9.17) is 5.73 Å². The summed E-state index contributed by atoms with van der Waals surface area (Å²) in [7, 11) is 0. The quantitative estimate of drug-likeness (QED) is 0.838. The zero-order valence-corrected chi connectivity index (χ0v) is 11.6. The van der Waals surface area contributed by atoms with Crippen molar-refractivity contribution in [1.29, 1.82) is 0 Å². The van der Waals surface area contributed by atoms with Crippen molar-refractivity contribution in [2.24, 2.45) is 17.1 Å². The lowest BCUT2D eigenvalue weighted by molar-refractivity contribution is -0.132. The van der Waals surface area contributed by atoms with E-state index < -0.39 is 0 Å². The fourth-order valence-electron chi connectivity index (χ4n) is 2.74. The summed E-state index contributed by atoms with van der Waals surface area (Å²) in [5.41, 5.74) is 5.54. The zero-order chi connectivity index (χ0) is 13.7. The maximum absolute atomic E-state index is 12.4. The van der Waals surface area contributed by atoms with Gasteiger partial charge >= 0.3 is 0 Å². The Kier molecular flexibility index (Phi) is 4.58. The third kappa shape index (κ3) is 3.35. The summed E-state index contributed by atoms with van der Waals surface area (Å²) in [6.45, 7) is 4.01. The van der Waals surface area contributed by atoms with Crippen molar-refractivity contribution < 1.29 is 4.79 Å². The van der Waals surface area contributed by atoms with Crippen LogP contribution in [0.2, 0.25) is 0 Å². The smallest absolute Gasteiger partial charge is 0.227 e.